The molecular weight excluding hydrogens is 448 g/mol. The number of aryl methyl sites for hydroxylation is 2. The summed E-state index contributed by atoms with van der Waals surface area (Å²) in [6.45, 7) is 13.4. The van der Waals surface area contributed by atoms with E-state index in [0.717, 1.165) is 33.4 Å². The van der Waals surface area contributed by atoms with E-state index in [1.807, 2.05) is 71.9 Å². The molecule has 1 amide bonds. The van der Waals surface area contributed by atoms with Crippen LogP contribution in [0.3, 0.4) is 0 Å². The number of sulfonamides is 1. The fourth-order valence-corrected chi connectivity index (χ4v) is 6.53. The lowest BCUT2D eigenvalue weighted by Crippen LogP contribution is -2.43. The molecule has 3 rings (SSSR count). The smallest absolute Gasteiger partial charge is 0.243 e. The number of hydrogen-bond acceptors (Lipinski definition) is 4. The summed E-state index contributed by atoms with van der Waals surface area (Å²) in [5.41, 5.74) is 5.69. The van der Waals surface area contributed by atoms with E-state index in [2.05, 4.69) is 5.32 Å². The molecule has 34 heavy (non-hydrogen) atoms. The highest BCUT2D eigenvalue weighted by Gasteiger charge is 2.34. The van der Waals surface area contributed by atoms with Crippen LogP contribution in [0.2, 0.25) is 0 Å². The van der Waals surface area contributed by atoms with E-state index in [-0.39, 0.29) is 17.9 Å². The molecule has 7 heteroatoms. The molecule has 0 spiro atoms. The van der Waals surface area contributed by atoms with Crippen LogP contribution in [0.4, 0.5) is 0 Å². The number of amides is 1. The molecule has 0 atom stereocenters. The second-order valence-electron chi connectivity index (χ2n) is 9.67. The molecule has 2 aromatic rings. The maximum absolute atomic E-state index is 13.5. The van der Waals surface area contributed by atoms with Crippen LogP contribution in [0.5, 0.6) is 0 Å². The van der Waals surface area contributed by atoms with Crippen molar-refractivity contribution in [3.8, 4) is 0 Å². The molecule has 1 fully saturated rings. The van der Waals surface area contributed by atoms with Gasteiger partial charge in [0.25, 0.3) is 0 Å². The van der Waals surface area contributed by atoms with Gasteiger partial charge in [0, 0.05) is 25.6 Å². The monoisotopic (exact) mass is 486 g/mol. The molecule has 1 aliphatic rings. The minimum atomic E-state index is -3.60. The van der Waals surface area contributed by atoms with Crippen LogP contribution in [0.1, 0.15) is 60.1 Å². The van der Waals surface area contributed by atoms with Crippen LogP contribution in [-0.4, -0.2) is 37.8 Å². The van der Waals surface area contributed by atoms with Crippen molar-refractivity contribution in [2.24, 2.45) is 5.92 Å². The minimum Gasteiger partial charge on any atom is -0.374 e. The lowest BCUT2D eigenvalue weighted by atomic mass is 9.97. The van der Waals surface area contributed by atoms with Crippen LogP contribution < -0.4 is 5.32 Å². The number of carbonyl (C=O) groups excluding carboxylic acids is 1. The van der Waals surface area contributed by atoms with E-state index in [1.54, 1.807) is 4.31 Å². The lowest BCUT2D eigenvalue weighted by molar-refractivity contribution is -0.126. The average Bonchev–Trinajstić information content (AvgIpc) is 2.80. The van der Waals surface area contributed by atoms with Gasteiger partial charge in [-0.1, -0.05) is 30.3 Å². The first-order chi connectivity index (χ1) is 16.0. The molecule has 1 saturated heterocycles. The highest BCUT2D eigenvalue weighted by molar-refractivity contribution is 7.89. The highest BCUT2D eigenvalue weighted by Crippen LogP contribution is 2.31. The topological polar surface area (TPSA) is 75.7 Å². The van der Waals surface area contributed by atoms with Gasteiger partial charge < -0.3 is 10.1 Å². The van der Waals surface area contributed by atoms with Gasteiger partial charge in [-0.15, -0.1) is 0 Å². The summed E-state index contributed by atoms with van der Waals surface area (Å²) >= 11 is 0. The van der Waals surface area contributed by atoms with Crippen molar-refractivity contribution < 1.29 is 17.9 Å². The van der Waals surface area contributed by atoms with Crippen molar-refractivity contribution in [1.29, 1.82) is 0 Å². The molecule has 1 heterocycles. The van der Waals surface area contributed by atoms with E-state index in [9.17, 15) is 13.2 Å². The van der Waals surface area contributed by atoms with Crippen LogP contribution in [-0.2, 0) is 32.7 Å². The second-order valence-corrected chi connectivity index (χ2v) is 11.5. The van der Waals surface area contributed by atoms with Crippen LogP contribution in [0.15, 0.2) is 35.2 Å². The van der Waals surface area contributed by atoms with Gasteiger partial charge in [-0.2, -0.15) is 4.31 Å². The molecular formula is C27H38N2O4S. The maximum Gasteiger partial charge on any atom is 0.243 e. The molecule has 0 radical (unpaired) electrons. The fraction of sp³-hybridized carbons (Fsp3) is 0.519. The third-order valence-electron chi connectivity index (χ3n) is 6.76. The molecule has 2 aromatic carbocycles. The lowest BCUT2D eigenvalue weighted by Gasteiger charge is -2.32. The normalized spacial score (nSPS) is 15.6. The van der Waals surface area contributed by atoms with Crippen molar-refractivity contribution in [1.82, 2.24) is 9.62 Å². The summed E-state index contributed by atoms with van der Waals surface area (Å²) in [6.07, 6.45) is 1.22. The van der Waals surface area contributed by atoms with Crippen molar-refractivity contribution in [3.05, 3.63) is 63.7 Å². The first-order valence-corrected chi connectivity index (χ1v) is 13.5. The van der Waals surface area contributed by atoms with E-state index < -0.39 is 10.0 Å². The largest absolute Gasteiger partial charge is 0.374 e. The van der Waals surface area contributed by atoms with Gasteiger partial charge in [-0.05, 0) is 87.8 Å². The average molecular weight is 487 g/mol. The Kier molecular flexibility index (Phi) is 8.55. The van der Waals surface area contributed by atoms with Gasteiger partial charge >= 0.3 is 0 Å². The summed E-state index contributed by atoms with van der Waals surface area (Å²) in [5, 5.41) is 3.03. The summed E-state index contributed by atoms with van der Waals surface area (Å²) in [4.78, 5) is 13.2. The third-order valence-corrected chi connectivity index (χ3v) is 8.93. The number of ether oxygens (including phenoxy) is 1. The molecule has 6 nitrogen and oxygen atoms in total. The van der Waals surface area contributed by atoms with Crippen LogP contribution in [0, 0.1) is 33.6 Å². The first kappa shape index (κ1) is 26.4. The Morgan fingerprint density at radius 1 is 1.03 bits per heavy atom. The van der Waals surface area contributed by atoms with Gasteiger partial charge in [0.2, 0.25) is 15.9 Å². The van der Waals surface area contributed by atoms with Crippen molar-refractivity contribution in [2.45, 2.75) is 78.5 Å². The summed E-state index contributed by atoms with van der Waals surface area (Å²) < 4.78 is 34.1. The predicted molar refractivity (Wildman–Crippen MR) is 135 cm³/mol. The molecule has 0 saturated carbocycles. The minimum absolute atomic E-state index is 0.0142. The zero-order valence-corrected chi connectivity index (χ0v) is 22.1. The Labute approximate surface area is 204 Å². The zero-order valence-electron chi connectivity index (χ0n) is 21.3. The quantitative estimate of drug-likeness (QED) is 0.593. The first-order valence-electron chi connectivity index (χ1n) is 12.1. The number of nitrogens with zero attached hydrogens (tertiary/aromatic N) is 1. The fourth-order valence-electron chi connectivity index (χ4n) is 4.48. The van der Waals surface area contributed by atoms with E-state index in [4.69, 9.17) is 4.74 Å². The molecule has 1 N–H and O–H groups in total. The number of benzene rings is 2. The van der Waals surface area contributed by atoms with E-state index in [0.29, 0.717) is 44.0 Å². The maximum atomic E-state index is 13.5. The second kappa shape index (κ2) is 11.0. The SMILES string of the molecule is Cc1cc(C)c(C)c(S(=O)(=O)N2CCC(C(=O)NCc3cccc(COC(C)C)c3)CC2)c1C. The molecule has 0 unspecified atom stereocenters. The Bertz CT molecular complexity index is 1110. The number of nitrogens with one attached hydrogen (secondary N) is 1. The molecule has 0 bridgehead atoms. The van der Waals surface area contributed by atoms with Gasteiger partial charge in [-0.3, -0.25) is 4.79 Å². The Morgan fingerprint density at radius 3 is 2.21 bits per heavy atom. The van der Waals surface area contributed by atoms with Gasteiger partial charge in [0.15, 0.2) is 0 Å². The predicted octanol–water partition coefficient (Wildman–Crippen LogP) is 4.56. The number of carbonyl (C=O) groups is 1. The molecule has 1 aliphatic heterocycles. The number of hydrogen-bond donors (Lipinski definition) is 1. The van der Waals surface area contributed by atoms with E-state index in [1.165, 1.54) is 0 Å². The van der Waals surface area contributed by atoms with Gasteiger partial charge in [0.05, 0.1) is 17.6 Å². The molecule has 0 aromatic heterocycles. The Hall–Kier alpha value is -2.22. The molecule has 0 aliphatic carbocycles. The Morgan fingerprint density at radius 2 is 1.62 bits per heavy atom. The van der Waals surface area contributed by atoms with Gasteiger partial charge in [0.1, 0.15) is 0 Å². The number of piperidine rings is 1. The number of rotatable bonds is 8. The van der Waals surface area contributed by atoms with Crippen molar-refractivity contribution in [2.75, 3.05) is 13.1 Å². The third kappa shape index (κ3) is 6.06. The van der Waals surface area contributed by atoms with Gasteiger partial charge in [-0.25, -0.2) is 8.42 Å². The van der Waals surface area contributed by atoms with Crippen LogP contribution >= 0.6 is 0 Å². The van der Waals surface area contributed by atoms with Crippen molar-refractivity contribution >= 4 is 15.9 Å². The van der Waals surface area contributed by atoms with Crippen LogP contribution in [0.25, 0.3) is 0 Å². The standard InChI is InChI=1S/C27H38N2O4S/c1-18(2)33-17-24-9-7-8-23(15-24)16-28-27(30)25-10-12-29(13-11-25)34(31,32)26-21(5)19(3)14-20(4)22(26)6/h7-9,14-15,18,25H,10-13,16-17H2,1-6H3,(H,28,30). The zero-order chi connectivity index (χ0) is 25.0. The summed E-state index contributed by atoms with van der Waals surface area (Å²) in [7, 11) is -3.60. The molecule has 186 valence electrons. The summed E-state index contributed by atoms with van der Waals surface area (Å²) in [6, 6.07) is 10.1. The van der Waals surface area contributed by atoms with E-state index >= 15 is 0 Å². The highest BCUT2D eigenvalue weighted by atomic mass is 32.2. The van der Waals surface area contributed by atoms with Crippen molar-refractivity contribution in [3.63, 3.8) is 0 Å². The summed E-state index contributed by atoms with van der Waals surface area (Å²) in [5.74, 6) is -0.194. The Balaban J connectivity index is 1.59.